The van der Waals surface area contributed by atoms with Crippen LogP contribution in [-0.2, 0) is 4.79 Å². The average molecular weight is 458 g/mol. The molecule has 0 saturated heterocycles. The van der Waals surface area contributed by atoms with Crippen molar-refractivity contribution >= 4 is 46.1 Å². The molecule has 4 aromatic rings. The van der Waals surface area contributed by atoms with Crippen molar-refractivity contribution in [3.05, 3.63) is 107 Å². The molecule has 0 bridgehead atoms. The zero-order valence-electron chi connectivity index (χ0n) is 17.5. The van der Waals surface area contributed by atoms with Gasteiger partial charge in [-0.25, -0.2) is 5.43 Å². The lowest BCUT2D eigenvalue weighted by atomic mass is 10.0. The first-order valence-electron chi connectivity index (χ1n) is 10.2. The van der Waals surface area contributed by atoms with E-state index in [4.69, 9.17) is 16.3 Å². The van der Waals surface area contributed by atoms with E-state index in [1.54, 1.807) is 60.8 Å². The standard InChI is InChI=1S/C26H20ClN3O3/c27-20-10-12-21(13-11-20)29-25(31)17-33-22-14-8-18(9-15-22)16-28-30-26(32)24-7-3-5-19-4-1-2-6-23(19)24/h1-16H,17H2,(H,29,31)(H,30,32)/b28-16-. The second kappa shape index (κ2) is 10.4. The quantitative estimate of drug-likeness (QED) is 0.293. The average Bonchev–Trinajstić information content (AvgIpc) is 2.84. The Labute approximate surface area is 195 Å². The highest BCUT2D eigenvalue weighted by Gasteiger charge is 2.08. The maximum atomic E-state index is 12.5. The number of carbonyl (C=O) groups excluding carboxylic acids is 2. The number of benzene rings is 4. The van der Waals surface area contributed by atoms with Gasteiger partial charge in [0.2, 0.25) is 0 Å². The van der Waals surface area contributed by atoms with Gasteiger partial charge in [0.05, 0.1) is 6.21 Å². The minimum absolute atomic E-state index is 0.128. The van der Waals surface area contributed by atoms with E-state index in [0.717, 1.165) is 16.3 Å². The largest absolute Gasteiger partial charge is 0.484 e. The lowest BCUT2D eigenvalue weighted by Crippen LogP contribution is -2.20. The molecule has 4 rings (SSSR count). The summed E-state index contributed by atoms with van der Waals surface area (Å²) in [4.78, 5) is 24.5. The minimum Gasteiger partial charge on any atom is -0.484 e. The van der Waals surface area contributed by atoms with Crippen molar-refractivity contribution in [2.24, 2.45) is 5.10 Å². The smallest absolute Gasteiger partial charge is 0.271 e. The molecule has 0 unspecified atom stereocenters. The Hall–Kier alpha value is -4.16. The number of nitrogens with zero attached hydrogens (tertiary/aromatic N) is 1. The van der Waals surface area contributed by atoms with Crippen LogP contribution in [0.15, 0.2) is 96.1 Å². The summed E-state index contributed by atoms with van der Waals surface area (Å²) < 4.78 is 5.51. The number of hydrazone groups is 1. The van der Waals surface area contributed by atoms with Crippen LogP contribution < -0.4 is 15.5 Å². The molecule has 6 nitrogen and oxygen atoms in total. The number of fused-ring (bicyclic) bond motifs is 1. The molecule has 0 aliphatic carbocycles. The maximum Gasteiger partial charge on any atom is 0.271 e. The Morgan fingerprint density at radius 3 is 2.39 bits per heavy atom. The molecular weight excluding hydrogens is 438 g/mol. The number of nitrogens with one attached hydrogen (secondary N) is 2. The van der Waals surface area contributed by atoms with Crippen molar-refractivity contribution < 1.29 is 14.3 Å². The van der Waals surface area contributed by atoms with E-state index in [9.17, 15) is 9.59 Å². The summed E-state index contributed by atoms with van der Waals surface area (Å²) in [5.74, 6) is -0.0213. The van der Waals surface area contributed by atoms with Gasteiger partial charge in [0.1, 0.15) is 5.75 Å². The maximum absolute atomic E-state index is 12.5. The van der Waals surface area contributed by atoms with Gasteiger partial charge in [-0.1, -0.05) is 48.0 Å². The fourth-order valence-corrected chi connectivity index (χ4v) is 3.30. The van der Waals surface area contributed by atoms with Gasteiger partial charge in [0, 0.05) is 16.3 Å². The van der Waals surface area contributed by atoms with E-state index in [1.165, 1.54) is 0 Å². The lowest BCUT2D eigenvalue weighted by Gasteiger charge is -2.08. The first kappa shape index (κ1) is 22.0. The summed E-state index contributed by atoms with van der Waals surface area (Å²) in [6.07, 6.45) is 1.54. The third-order valence-corrected chi connectivity index (χ3v) is 5.04. The van der Waals surface area contributed by atoms with Crippen LogP contribution in [0.3, 0.4) is 0 Å². The Morgan fingerprint density at radius 1 is 0.879 bits per heavy atom. The van der Waals surface area contributed by atoms with Gasteiger partial charge < -0.3 is 10.1 Å². The van der Waals surface area contributed by atoms with Crippen molar-refractivity contribution in [1.82, 2.24) is 5.43 Å². The molecule has 2 amide bonds. The highest BCUT2D eigenvalue weighted by molar-refractivity contribution is 6.30. The molecule has 0 aliphatic rings. The van der Waals surface area contributed by atoms with Gasteiger partial charge in [-0.3, -0.25) is 9.59 Å². The molecule has 0 fully saturated rings. The number of carbonyl (C=O) groups is 2. The van der Waals surface area contributed by atoms with Crippen LogP contribution in [0.1, 0.15) is 15.9 Å². The van der Waals surface area contributed by atoms with Crippen LogP contribution in [0.25, 0.3) is 10.8 Å². The number of ether oxygens (including phenoxy) is 1. The van der Waals surface area contributed by atoms with E-state index in [1.807, 2.05) is 36.4 Å². The van der Waals surface area contributed by atoms with Crippen LogP contribution in [0.2, 0.25) is 5.02 Å². The molecule has 164 valence electrons. The topological polar surface area (TPSA) is 79.8 Å². The Kier molecular flexibility index (Phi) is 6.97. The fraction of sp³-hybridized carbons (Fsp3) is 0.0385. The predicted molar refractivity (Wildman–Crippen MR) is 131 cm³/mol. The first-order chi connectivity index (χ1) is 16.1. The number of rotatable bonds is 7. The van der Waals surface area contributed by atoms with Gasteiger partial charge in [-0.2, -0.15) is 5.10 Å². The summed E-state index contributed by atoms with van der Waals surface area (Å²) in [6, 6.07) is 27.1. The van der Waals surface area contributed by atoms with E-state index in [2.05, 4.69) is 15.8 Å². The molecule has 0 saturated carbocycles. The zero-order valence-corrected chi connectivity index (χ0v) is 18.3. The van der Waals surface area contributed by atoms with E-state index < -0.39 is 0 Å². The van der Waals surface area contributed by atoms with Gasteiger partial charge in [-0.15, -0.1) is 0 Å². The van der Waals surface area contributed by atoms with Crippen LogP contribution in [0, 0.1) is 0 Å². The highest BCUT2D eigenvalue weighted by Crippen LogP contribution is 2.18. The number of hydrogen-bond donors (Lipinski definition) is 2. The van der Waals surface area contributed by atoms with Gasteiger partial charge in [-0.05, 0) is 70.9 Å². The Bertz CT molecular complexity index is 1300. The summed E-state index contributed by atoms with van der Waals surface area (Å²) in [5, 5.41) is 9.23. The van der Waals surface area contributed by atoms with Crippen molar-refractivity contribution in [3.63, 3.8) is 0 Å². The number of amides is 2. The highest BCUT2D eigenvalue weighted by atomic mass is 35.5. The Balaban J connectivity index is 1.28. The number of anilines is 1. The predicted octanol–water partition coefficient (Wildman–Crippen LogP) is 5.27. The molecule has 7 heteroatoms. The van der Waals surface area contributed by atoms with Gasteiger partial charge in [0.25, 0.3) is 11.8 Å². The molecule has 0 aromatic heterocycles. The molecular formula is C26H20ClN3O3. The molecule has 4 aromatic carbocycles. The molecule has 0 atom stereocenters. The molecule has 33 heavy (non-hydrogen) atoms. The molecule has 0 aliphatic heterocycles. The second-order valence-electron chi connectivity index (χ2n) is 7.14. The molecule has 0 heterocycles. The van der Waals surface area contributed by atoms with Crippen molar-refractivity contribution in [2.45, 2.75) is 0 Å². The number of hydrogen-bond acceptors (Lipinski definition) is 4. The molecule has 0 spiro atoms. The third-order valence-electron chi connectivity index (χ3n) is 4.79. The second-order valence-corrected chi connectivity index (χ2v) is 7.58. The van der Waals surface area contributed by atoms with E-state index in [0.29, 0.717) is 22.0 Å². The van der Waals surface area contributed by atoms with Crippen molar-refractivity contribution in [3.8, 4) is 5.75 Å². The van der Waals surface area contributed by atoms with Crippen LogP contribution in [0.5, 0.6) is 5.75 Å². The van der Waals surface area contributed by atoms with Crippen molar-refractivity contribution in [1.29, 1.82) is 0 Å². The third kappa shape index (κ3) is 5.96. The van der Waals surface area contributed by atoms with Crippen molar-refractivity contribution in [2.75, 3.05) is 11.9 Å². The van der Waals surface area contributed by atoms with Gasteiger partial charge in [0.15, 0.2) is 6.61 Å². The van der Waals surface area contributed by atoms with Gasteiger partial charge >= 0.3 is 0 Å². The summed E-state index contributed by atoms with van der Waals surface area (Å²) in [7, 11) is 0. The monoisotopic (exact) mass is 457 g/mol. The lowest BCUT2D eigenvalue weighted by molar-refractivity contribution is -0.118. The normalized spacial score (nSPS) is 10.8. The Morgan fingerprint density at radius 2 is 1.61 bits per heavy atom. The SMILES string of the molecule is O=C(COc1ccc(/C=N\NC(=O)c2cccc3ccccc23)cc1)Nc1ccc(Cl)cc1. The minimum atomic E-state index is -0.283. The summed E-state index contributed by atoms with van der Waals surface area (Å²) >= 11 is 5.83. The summed E-state index contributed by atoms with van der Waals surface area (Å²) in [6.45, 7) is -0.128. The van der Waals surface area contributed by atoms with Crippen LogP contribution in [-0.4, -0.2) is 24.6 Å². The first-order valence-corrected chi connectivity index (χ1v) is 10.6. The number of halogens is 1. The fourth-order valence-electron chi connectivity index (χ4n) is 3.18. The van der Waals surface area contributed by atoms with Crippen LogP contribution >= 0.6 is 11.6 Å². The molecule has 2 N–H and O–H groups in total. The molecule has 0 radical (unpaired) electrons. The summed E-state index contributed by atoms with van der Waals surface area (Å²) in [5.41, 5.74) is 4.53. The van der Waals surface area contributed by atoms with E-state index in [-0.39, 0.29) is 18.4 Å². The van der Waals surface area contributed by atoms with Crippen LogP contribution in [0.4, 0.5) is 5.69 Å². The van der Waals surface area contributed by atoms with E-state index >= 15 is 0 Å². The zero-order chi connectivity index (χ0) is 23.0.